The highest BCUT2D eigenvalue weighted by Crippen LogP contribution is 2.24. The molecule has 0 saturated heterocycles. The first-order valence-electron chi connectivity index (χ1n) is 9.03. The van der Waals surface area contributed by atoms with Gasteiger partial charge >= 0.3 is 0 Å². The number of rotatable bonds is 7. The van der Waals surface area contributed by atoms with Gasteiger partial charge in [0.1, 0.15) is 0 Å². The van der Waals surface area contributed by atoms with E-state index in [0.29, 0.717) is 17.8 Å². The SMILES string of the molecule is CCCCC(=O)NC(=S)Nc1ccc(S(=O)(=O)Nc2c(C)cccc2C)cc1. The second-order valence-electron chi connectivity index (χ2n) is 6.50. The number of sulfonamides is 1. The van der Waals surface area contributed by atoms with E-state index in [1.807, 2.05) is 39.0 Å². The second-order valence-corrected chi connectivity index (χ2v) is 8.59. The predicted molar refractivity (Wildman–Crippen MR) is 117 cm³/mol. The van der Waals surface area contributed by atoms with Gasteiger partial charge in [0.15, 0.2) is 5.11 Å². The maximum Gasteiger partial charge on any atom is 0.261 e. The minimum Gasteiger partial charge on any atom is -0.332 e. The number of hydrogen-bond acceptors (Lipinski definition) is 4. The molecule has 28 heavy (non-hydrogen) atoms. The maximum absolute atomic E-state index is 12.7. The van der Waals surface area contributed by atoms with Gasteiger partial charge in [0.2, 0.25) is 5.91 Å². The first-order valence-corrected chi connectivity index (χ1v) is 10.9. The molecule has 2 rings (SSSR count). The average Bonchev–Trinajstić information content (AvgIpc) is 2.63. The van der Waals surface area contributed by atoms with Gasteiger partial charge in [0.05, 0.1) is 10.6 Å². The molecule has 1 amide bonds. The Hall–Kier alpha value is -2.45. The molecule has 0 spiro atoms. The number of benzene rings is 2. The van der Waals surface area contributed by atoms with E-state index < -0.39 is 10.0 Å². The van der Waals surface area contributed by atoms with Crippen LogP contribution in [0.4, 0.5) is 11.4 Å². The van der Waals surface area contributed by atoms with Gasteiger partial charge in [-0.1, -0.05) is 31.5 Å². The highest BCUT2D eigenvalue weighted by Gasteiger charge is 2.16. The van der Waals surface area contributed by atoms with E-state index in [9.17, 15) is 13.2 Å². The molecule has 0 saturated carbocycles. The lowest BCUT2D eigenvalue weighted by molar-refractivity contribution is -0.119. The molecular formula is C20H25N3O3S2. The number of anilines is 2. The number of unbranched alkanes of at least 4 members (excludes halogenated alkanes) is 1. The Morgan fingerprint density at radius 3 is 2.21 bits per heavy atom. The molecule has 6 nitrogen and oxygen atoms in total. The smallest absolute Gasteiger partial charge is 0.261 e. The van der Waals surface area contributed by atoms with Crippen LogP contribution in [0.25, 0.3) is 0 Å². The zero-order valence-corrected chi connectivity index (χ0v) is 17.8. The first kappa shape index (κ1) is 21.8. The van der Waals surface area contributed by atoms with Gasteiger partial charge in [0, 0.05) is 12.1 Å². The molecule has 0 fully saturated rings. The van der Waals surface area contributed by atoms with E-state index in [0.717, 1.165) is 24.0 Å². The van der Waals surface area contributed by atoms with Gasteiger partial charge in [-0.25, -0.2) is 8.42 Å². The van der Waals surface area contributed by atoms with Crippen LogP contribution in [0.5, 0.6) is 0 Å². The summed E-state index contributed by atoms with van der Waals surface area (Å²) in [6, 6.07) is 11.8. The Bertz CT molecular complexity index is 935. The fourth-order valence-corrected chi connectivity index (χ4v) is 4.01. The maximum atomic E-state index is 12.7. The molecule has 0 aliphatic heterocycles. The molecule has 3 N–H and O–H groups in total. The van der Waals surface area contributed by atoms with E-state index in [4.69, 9.17) is 12.2 Å². The molecule has 0 aliphatic rings. The predicted octanol–water partition coefficient (Wildman–Crippen LogP) is 4.11. The summed E-state index contributed by atoms with van der Waals surface area (Å²) >= 11 is 5.11. The summed E-state index contributed by atoms with van der Waals surface area (Å²) in [7, 11) is -3.71. The molecule has 8 heteroatoms. The molecule has 0 heterocycles. The van der Waals surface area contributed by atoms with E-state index in [1.165, 1.54) is 12.1 Å². The van der Waals surface area contributed by atoms with Crippen molar-refractivity contribution in [2.75, 3.05) is 10.0 Å². The summed E-state index contributed by atoms with van der Waals surface area (Å²) in [5.74, 6) is -0.142. The number of carbonyl (C=O) groups is 1. The van der Waals surface area contributed by atoms with Crippen molar-refractivity contribution in [3.63, 3.8) is 0 Å². The van der Waals surface area contributed by atoms with Crippen LogP contribution < -0.4 is 15.4 Å². The van der Waals surface area contributed by atoms with Crippen molar-refractivity contribution >= 4 is 44.6 Å². The molecule has 0 radical (unpaired) electrons. The van der Waals surface area contributed by atoms with Crippen molar-refractivity contribution in [1.82, 2.24) is 5.32 Å². The normalized spacial score (nSPS) is 11.0. The third-order valence-electron chi connectivity index (χ3n) is 4.15. The number of amides is 1. The quantitative estimate of drug-likeness (QED) is 0.588. The third-order valence-corrected chi connectivity index (χ3v) is 5.72. The Labute approximate surface area is 171 Å². The third kappa shape index (κ3) is 6.03. The van der Waals surface area contributed by atoms with Crippen molar-refractivity contribution in [2.24, 2.45) is 0 Å². The van der Waals surface area contributed by atoms with Crippen LogP contribution in [0.15, 0.2) is 47.4 Å². The van der Waals surface area contributed by atoms with Crippen molar-refractivity contribution in [3.05, 3.63) is 53.6 Å². The molecule has 2 aromatic carbocycles. The van der Waals surface area contributed by atoms with Crippen LogP contribution >= 0.6 is 12.2 Å². The highest BCUT2D eigenvalue weighted by molar-refractivity contribution is 7.92. The summed E-state index contributed by atoms with van der Waals surface area (Å²) < 4.78 is 28.0. The molecule has 0 aliphatic carbocycles. The molecule has 0 atom stereocenters. The Morgan fingerprint density at radius 1 is 1.04 bits per heavy atom. The number of nitrogens with one attached hydrogen (secondary N) is 3. The Morgan fingerprint density at radius 2 is 1.64 bits per heavy atom. The van der Waals surface area contributed by atoms with E-state index in [1.54, 1.807) is 12.1 Å². The Kier molecular flexibility index (Phi) is 7.53. The second kappa shape index (κ2) is 9.66. The van der Waals surface area contributed by atoms with Crippen LogP contribution in [-0.2, 0) is 14.8 Å². The zero-order chi connectivity index (χ0) is 20.7. The summed E-state index contributed by atoms with van der Waals surface area (Å²) in [6.07, 6.45) is 2.15. The fraction of sp³-hybridized carbons (Fsp3) is 0.300. The van der Waals surface area contributed by atoms with Crippen molar-refractivity contribution in [2.45, 2.75) is 44.9 Å². The van der Waals surface area contributed by atoms with Gasteiger partial charge in [-0.05, 0) is 67.9 Å². The number of thiocarbonyl (C=S) groups is 1. The summed E-state index contributed by atoms with van der Waals surface area (Å²) in [5.41, 5.74) is 2.88. The van der Waals surface area contributed by atoms with Crippen LogP contribution in [0, 0.1) is 13.8 Å². The lowest BCUT2D eigenvalue weighted by Gasteiger charge is -2.14. The van der Waals surface area contributed by atoms with Crippen molar-refractivity contribution in [1.29, 1.82) is 0 Å². The van der Waals surface area contributed by atoms with Gasteiger partial charge in [0.25, 0.3) is 10.0 Å². The van der Waals surface area contributed by atoms with Crippen LogP contribution in [0.3, 0.4) is 0 Å². The lowest BCUT2D eigenvalue weighted by Crippen LogP contribution is -2.33. The van der Waals surface area contributed by atoms with Crippen LogP contribution in [-0.4, -0.2) is 19.4 Å². The van der Waals surface area contributed by atoms with Gasteiger partial charge in [-0.15, -0.1) is 0 Å². The van der Waals surface area contributed by atoms with Gasteiger partial charge in [-0.2, -0.15) is 0 Å². The van der Waals surface area contributed by atoms with E-state index >= 15 is 0 Å². The van der Waals surface area contributed by atoms with Gasteiger partial charge < -0.3 is 10.6 Å². The topological polar surface area (TPSA) is 87.3 Å². The molecule has 2 aromatic rings. The van der Waals surface area contributed by atoms with Crippen molar-refractivity contribution in [3.8, 4) is 0 Å². The van der Waals surface area contributed by atoms with Crippen LogP contribution in [0.2, 0.25) is 0 Å². The number of para-hydroxylation sites is 1. The summed E-state index contributed by atoms with van der Waals surface area (Å²) in [6.45, 7) is 5.72. The van der Waals surface area contributed by atoms with Crippen molar-refractivity contribution < 1.29 is 13.2 Å². The summed E-state index contributed by atoms with van der Waals surface area (Å²) in [5, 5.41) is 5.67. The molecule has 0 unspecified atom stereocenters. The number of carbonyl (C=O) groups excluding carboxylic acids is 1. The number of aryl methyl sites for hydroxylation is 2. The minimum absolute atomic E-state index is 0.138. The van der Waals surface area contributed by atoms with Gasteiger partial charge in [-0.3, -0.25) is 9.52 Å². The molecule has 150 valence electrons. The van der Waals surface area contributed by atoms with E-state index in [-0.39, 0.29) is 15.9 Å². The van der Waals surface area contributed by atoms with Crippen LogP contribution in [0.1, 0.15) is 37.3 Å². The minimum atomic E-state index is -3.71. The first-order chi connectivity index (χ1) is 13.2. The molecular weight excluding hydrogens is 394 g/mol. The molecule has 0 bridgehead atoms. The fourth-order valence-electron chi connectivity index (χ4n) is 2.57. The standard InChI is InChI=1S/C20H25N3O3S2/c1-4-5-9-18(24)22-20(27)21-16-10-12-17(13-11-16)28(25,26)23-19-14(2)7-6-8-15(19)3/h6-8,10-13,23H,4-5,9H2,1-3H3,(H2,21,22,24,27). The average molecular weight is 420 g/mol. The number of hydrogen-bond donors (Lipinski definition) is 3. The zero-order valence-electron chi connectivity index (χ0n) is 16.2. The molecule has 0 aromatic heterocycles. The summed E-state index contributed by atoms with van der Waals surface area (Å²) in [4.78, 5) is 11.8. The lowest BCUT2D eigenvalue weighted by atomic mass is 10.1. The largest absolute Gasteiger partial charge is 0.332 e. The Balaban J connectivity index is 2.05. The highest BCUT2D eigenvalue weighted by atomic mass is 32.2. The monoisotopic (exact) mass is 419 g/mol. The van der Waals surface area contributed by atoms with E-state index in [2.05, 4.69) is 15.4 Å².